The molecule has 0 radical (unpaired) electrons. The summed E-state index contributed by atoms with van der Waals surface area (Å²) in [5, 5.41) is 3.76. The molecule has 1 aromatic heterocycles. The minimum absolute atomic E-state index is 0.706. The fourth-order valence-corrected chi connectivity index (χ4v) is 3.54. The molecule has 5 heteroatoms. The molecule has 0 aliphatic rings. The third-order valence-electron chi connectivity index (χ3n) is 2.79. The van der Waals surface area contributed by atoms with Gasteiger partial charge in [-0.3, -0.25) is 0 Å². The van der Waals surface area contributed by atoms with Gasteiger partial charge >= 0.3 is 0 Å². The van der Waals surface area contributed by atoms with Crippen molar-refractivity contribution in [1.82, 2.24) is 4.98 Å². The summed E-state index contributed by atoms with van der Waals surface area (Å²) in [4.78, 5) is 4.70. The van der Waals surface area contributed by atoms with Gasteiger partial charge in [-0.15, -0.1) is 11.3 Å². The van der Waals surface area contributed by atoms with E-state index in [9.17, 15) is 0 Å². The molecule has 3 aromatic rings. The first kappa shape index (κ1) is 14.3. The minimum Gasteiger partial charge on any atom is -0.236 e. The molecule has 0 saturated carbocycles. The number of rotatable bonds is 2. The second kappa shape index (κ2) is 5.98. The highest BCUT2D eigenvalue weighted by atomic mass is 79.9. The normalized spacial score (nSPS) is 10.8. The first-order chi connectivity index (χ1) is 9.63. The van der Waals surface area contributed by atoms with Gasteiger partial charge in [0.25, 0.3) is 0 Å². The molecular formula is C15H8Br2ClNS. The number of halogens is 3. The molecule has 1 heterocycles. The number of hydrogen-bond donors (Lipinski definition) is 0. The Bertz CT molecular complexity index is 770. The zero-order valence-electron chi connectivity index (χ0n) is 10.1. The van der Waals surface area contributed by atoms with Crippen molar-refractivity contribution in [1.29, 1.82) is 0 Å². The van der Waals surface area contributed by atoms with Crippen LogP contribution < -0.4 is 0 Å². The lowest BCUT2D eigenvalue weighted by Crippen LogP contribution is -1.80. The van der Waals surface area contributed by atoms with Crippen LogP contribution in [0.15, 0.2) is 56.8 Å². The van der Waals surface area contributed by atoms with Gasteiger partial charge in [-0.05, 0) is 40.2 Å². The Hall–Kier alpha value is -0.680. The SMILES string of the molecule is Clc1ccc(-c2nc(-c3cccc(Br)c3)cs2)cc1Br. The van der Waals surface area contributed by atoms with Gasteiger partial charge < -0.3 is 0 Å². The third kappa shape index (κ3) is 2.98. The van der Waals surface area contributed by atoms with E-state index in [1.165, 1.54) is 0 Å². The van der Waals surface area contributed by atoms with E-state index in [1.807, 2.05) is 30.3 Å². The fraction of sp³-hybridized carbons (Fsp3) is 0. The smallest absolute Gasteiger partial charge is 0.124 e. The predicted octanol–water partition coefficient (Wildman–Crippen LogP) is 6.66. The Morgan fingerprint density at radius 3 is 2.60 bits per heavy atom. The van der Waals surface area contributed by atoms with Crippen LogP contribution in [0.2, 0.25) is 5.02 Å². The predicted molar refractivity (Wildman–Crippen MR) is 93.4 cm³/mol. The lowest BCUT2D eigenvalue weighted by molar-refractivity contribution is 1.40. The maximum Gasteiger partial charge on any atom is 0.124 e. The van der Waals surface area contributed by atoms with Crippen LogP contribution in [0.4, 0.5) is 0 Å². The van der Waals surface area contributed by atoms with Crippen LogP contribution in [0.25, 0.3) is 21.8 Å². The second-order valence-corrected chi connectivity index (χ2v) is 7.21. The number of nitrogens with zero attached hydrogens (tertiary/aromatic N) is 1. The first-order valence-corrected chi connectivity index (χ1v) is 8.65. The van der Waals surface area contributed by atoms with Gasteiger partial charge in [0.05, 0.1) is 10.7 Å². The summed E-state index contributed by atoms with van der Waals surface area (Å²) in [5.41, 5.74) is 3.15. The monoisotopic (exact) mass is 427 g/mol. The number of thiazole rings is 1. The van der Waals surface area contributed by atoms with E-state index in [-0.39, 0.29) is 0 Å². The molecule has 0 bridgehead atoms. The van der Waals surface area contributed by atoms with Crippen molar-refractivity contribution < 1.29 is 0 Å². The van der Waals surface area contributed by atoms with Crippen molar-refractivity contribution in [2.45, 2.75) is 0 Å². The first-order valence-electron chi connectivity index (χ1n) is 5.80. The van der Waals surface area contributed by atoms with Gasteiger partial charge in [0.2, 0.25) is 0 Å². The average Bonchev–Trinajstić information content (AvgIpc) is 2.92. The van der Waals surface area contributed by atoms with E-state index in [2.05, 4.69) is 49.4 Å². The van der Waals surface area contributed by atoms with E-state index in [0.717, 1.165) is 30.8 Å². The number of benzene rings is 2. The summed E-state index contributed by atoms with van der Waals surface area (Å²) in [5.74, 6) is 0. The third-order valence-corrected chi connectivity index (χ3v) is 5.39. The zero-order valence-corrected chi connectivity index (χ0v) is 14.9. The lowest BCUT2D eigenvalue weighted by Gasteiger charge is -2.00. The summed E-state index contributed by atoms with van der Waals surface area (Å²) in [6, 6.07) is 14.0. The molecule has 0 amide bonds. The van der Waals surface area contributed by atoms with Gasteiger partial charge in [-0.2, -0.15) is 0 Å². The molecular weight excluding hydrogens is 422 g/mol. The van der Waals surface area contributed by atoms with Crippen molar-refractivity contribution in [3.8, 4) is 21.8 Å². The Balaban J connectivity index is 1.99. The maximum atomic E-state index is 6.02. The molecule has 0 aliphatic heterocycles. The number of hydrogen-bond acceptors (Lipinski definition) is 2. The van der Waals surface area contributed by atoms with Crippen molar-refractivity contribution >= 4 is 54.8 Å². The van der Waals surface area contributed by atoms with E-state index in [0.29, 0.717) is 5.02 Å². The largest absolute Gasteiger partial charge is 0.236 e. The molecule has 0 N–H and O–H groups in total. The molecule has 0 atom stereocenters. The number of aromatic nitrogens is 1. The molecule has 3 rings (SSSR count). The molecule has 1 nitrogen and oxygen atoms in total. The molecule has 0 aliphatic carbocycles. The summed E-state index contributed by atoms with van der Waals surface area (Å²) in [6.45, 7) is 0. The fourth-order valence-electron chi connectivity index (χ4n) is 1.82. The molecule has 0 fully saturated rings. The molecule has 2 aromatic carbocycles. The Labute approximate surface area is 142 Å². The highest BCUT2D eigenvalue weighted by Gasteiger charge is 2.08. The van der Waals surface area contributed by atoms with Crippen molar-refractivity contribution in [2.75, 3.05) is 0 Å². The Morgan fingerprint density at radius 2 is 1.85 bits per heavy atom. The minimum atomic E-state index is 0.706. The summed E-state index contributed by atoms with van der Waals surface area (Å²) in [7, 11) is 0. The zero-order chi connectivity index (χ0) is 14.1. The van der Waals surface area contributed by atoms with Gasteiger partial charge in [0.1, 0.15) is 5.01 Å². The van der Waals surface area contributed by atoms with Crippen molar-refractivity contribution in [3.05, 3.63) is 61.8 Å². The van der Waals surface area contributed by atoms with Gasteiger partial charge in [-0.1, -0.05) is 45.7 Å². The van der Waals surface area contributed by atoms with Crippen LogP contribution in [-0.4, -0.2) is 4.98 Å². The Kier molecular flexibility index (Phi) is 4.26. The highest BCUT2D eigenvalue weighted by Crippen LogP contribution is 2.33. The summed E-state index contributed by atoms with van der Waals surface area (Å²) < 4.78 is 1.94. The van der Waals surface area contributed by atoms with E-state index < -0.39 is 0 Å². The molecule has 0 unspecified atom stereocenters. The van der Waals surface area contributed by atoms with E-state index in [4.69, 9.17) is 16.6 Å². The lowest BCUT2D eigenvalue weighted by atomic mass is 10.2. The summed E-state index contributed by atoms with van der Waals surface area (Å²) >= 11 is 14.6. The summed E-state index contributed by atoms with van der Waals surface area (Å²) in [6.07, 6.45) is 0. The second-order valence-electron chi connectivity index (χ2n) is 4.18. The maximum absolute atomic E-state index is 6.02. The highest BCUT2D eigenvalue weighted by molar-refractivity contribution is 9.10. The molecule has 0 spiro atoms. The average molecular weight is 430 g/mol. The van der Waals surface area contributed by atoms with Crippen molar-refractivity contribution in [2.24, 2.45) is 0 Å². The molecule has 100 valence electrons. The van der Waals surface area contributed by atoms with Gasteiger partial charge in [0, 0.05) is 25.5 Å². The Morgan fingerprint density at radius 1 is 1.00 bits per heavy atom. The van der Waals surface area contributed by atoms with Crippen molar-refractivity contribution in [3.63, 3.8) is 0 Å². The van der Waals surface area contributed by atoms with Crippen LogP contribution in [0, 0.1) is 0 Å². The van der Waals surface area contributed by atoms with Crippen LogP contribution in [0.5, 0.6) is 0 Å². The standard InChI is InChI=1S/C15H8Br2ClNS/c16-11-3-1-2-9(6-11)14-8-20-15(19-14)10-4-5-13(18)12(17)7-10/h1-8H. The van der Waals surface area contributed by atoms with Crippen LogP contribution in [-0.2, 0) is 0 Å². The van der Waals surface area contributed by atoms with Gasteiger partial charge in [-0.25, -0.2) is 4.98 Å². The van der Waals surface area contributed by atoms with Gasteiger partial charge in [0.15, 0.2) is 0 Å². The quantitative estimate of drug-likeness (QED) is 0.444. The van der Waals surface area contributed by atoms with Crippen LogP contribution in [0.1, 0.15) is 0 Å². The topological polar surface area (TPSA) is 12.9 Å². The molecule has 20 heavy (non-hydrogen) atoms. The van der Waals surface area contributed by atoms with E-state index >= 15 is 0 Å². The van der Waals surface area contributed by atoms with E-state index in [1.54, 1.807) is 11.3 Å². The van der Waals surface area contributed by atoms with Crippen LogP contribution >= 0.6 is 54.8 Å². The van der Waals surface area contributed by atoms with Crippen LogP contribution in [0.3, 0.4) is 0 Å². The molecule has 0 saturated heterocycles.